The molecule has 9 nitrogen and oxygen atoms in total. The molecule has 10 heteroatoms. The summed E-state index contributed by atoms with van der Waals surface area (Å²) in [6.07, 6.45) is 0. The van der Waals surface area contributed by atoms with Crippen molar-refractivity contribution in [3.63, 3.8) is 0 Å². The Balaban J connectivity index is 1.83. The monoisotopic (exact) mass is 531 g/mol. The SMILES string of the molecule is C=C1NC(=O)N[C@H](c2cc(Br)c(OCC(=O)Nc3ccc(C)cc3)c(OCC)c2)[C@H]1C(=O)OC. The third kappa shape index (κ3) is 5.88. The number of aryl methyl sites for hydroxylation is 1. The maximum Gasteiger partial charge on any atom is 0.319 e. The summed E-state index contributed by atoms with van der Waals surface area (Å²) in [7, 11) is 1.27. The number of urea groups is 1. The first kappa shape index (κ1) is 25.1. The van der Waals surface area contributed by atoms with E-state index in [9.17, 15) is 14.4 Å². The van der Waals surface area contributed by atoms with Gasteiger partial charge in [-0.25, -0.2) is 4.79 Å². The number of nitrogens with one attached hydrogen (secondary N) is 3. The molecule has 180 valence electrons. The highest BCUT2D eigenvalue weighted by molar-refractivity contribution is 9.10. The van der Waals surface area contributed by atoms with E-state index < -0.39 is 24.0 Å². The quantitative estimate of drug-likeness (QED) is 0.446. The number of rotatable bonds is 8. The van der Waals surface area contributed by atoms with E-state index in [0.717, 1.165) is 5.56 Å². The predicted octanol–water partition coefficient (Wildman–Crippen LogP) is 3.83. The molecular weight excluding hydrogens is 506 g/mol. The zero-order chi connectivity index (χ0) is 24.8. The van der Waals surface area contributed by atoms with Crippen molar-refractivity contribution in [2.45, 2.75) is 19.9 Å². The second kappa shape index (κ2) is 11.1. The van der Waals surface area contributed by atoms with Crippen LogP contribution in [0.1, 0.15) is 24.1 Å². The second-order valence-corrected chi connectivity index (χ2v) is 8.42. The van der Waals surface area contributed by atoms with E-state index >= 15 is 0 Å². The van der Waals surface area contributed by atoms with Gasteiger partial charge in [0.05, 0.1) is 24.2 Å². The number of esters is 1. The van der Waals surface area contributed by atoms with E-state index in [4.69, 9.17) is 14.2 Å². The molecule has 0 bridgehead atoms. The van der Waals surface area contributed by atoms with Gasteiger partial charge in [0.1, 0.15) is 5.92 Å². The summed E-state index contributed by atoms with van der Waals surface area (Å²) in [5.74, 6) is -1.08. The molecule has 2 aromatic carbocycles. The Labute approximate surface area is 206 Å². The van der Waals surface area contributed by atoms with Crippen LogP contribution < -0.4 is 25.4 Å². The second-order valence-electron chi connectivity index (χ2n) is 7.57. The zero-order valence-corrected chi connectivity index (χ0v) is 20.7. The Kier molecular flexibility index (Phi) is 8.17. The van der Waals surface area contributed by atoms with Crippen molar-refractivity contribution in [2.24, 2.45) is 5.92 Å². The van der Waals surface area contributed by atoms with Crippen molar-refractivity contribution < 1.29 is 28.6 Å². The minimum Gasteiger partial charge on any atom is -0.490 e. The lowest BCUT2D eigenvalue weighted by Gasteiger charge is -2.33. The minimum absolute atomic E-state index is 0.225. The van der Waals surface area contributed by atoms with Gasteiger partial charge in [0.25, 0.3) is 5.91 Å². The first-order valence-electron chi connectivity index (χ1n) is 10.5. The number of anilines is 1. The molecule has 0 saturated carbocycles. The third-order valence-electron chi connectivity index (χ3n) is 5.10. The molecule has 2 aromatic rings. The van der Waals surface area contributed by atoms with E-state index in [1.165, 1.54) is 7.11 Å². The molecule has 0 aliphatic carbocycles. The van der Waals surface area contributed by atoms with E-state index in [1.54, 1.807) is 19.1 Å². The molecular formula is C24H26BrN3O6. The van der Waals surface area contributed by atoms with Crippen molar-refractivity contribution in [1.29, 1.82) is 0 Å². The summed E-state index contributed by atoms with van der Waals surface area (Å²) in [5, 5.41) is 8.01. The number of hydrogen-bond acceptors (Lipinski definition) is 6. The van der Waals surface area contributed by atoms with Crippen molar-refractivity contribution in [3.05, 3.63) is 64.3 Å². The molecule has 1 fully saturated rings. The zero-order valence-electron chi connectivity index (χ0n) is 19.1. The Hall–Kier alpha value is -3.53. The summed E-state index contributed by atoms with van der Waals surface area (Å²) in [5.41, 5.74) is 2.54. The number of halogens is 1. The van der Waals surface area contributed by atoms with Crippen molar-refractivity contribution in [2.75, 3.05) is 25.6 Å². The van der Waals surface area contributed by atoms with Crippen LogP contribution in [0.4, 0.5) is 10.5 Å². The summed E-state index contributed by atoms with van der Waals surface area (Å²) in [6, 6.07) is 9.52. The van der Waals surface area contributed by atoms with Gasteiger partial charge in [-0.3, -0.25) is 9.59 Å². The van der Waals surface area contributed by atoms with E-state index in [0.29, 0.717) is 33.8 Å². The highest BCUT2D eigenvalue weighted by atomic mass is 79.9. The van der Waals surface area contributed by atoms with Gasteiger partial charge in [-0.1, -0.05) is 24.3 Å². The first-order chi connectivity index (χ1) is 16.2. The number of carbonyl (C=O) groups excluding carboxylic acids is 3. The largest absolute Gasteiger partial charge is 0.490 e. The fourth-order valence-electron chi connectivity index (χ4n) is 3.51. The molecule has 34 heavy (non-hydrogen) atoms. The summed E-state index contributed by atoms with van der Waals surface area (Å²) in [4.78, 5) is 36.8. The lowest BCUT2D eigenvalue weighted by molar-refractivity contribution is -0.145. The van der Waals surface area contributed by atoms with Crippen LogP contribution in [0.2, 0.25) is 0 Å². The first-order valence-corrected chi connectivity index (χ1v) is 11.3. The maximum atomic E-state index is 12.4. The molecule has 0 aromatic heterocycles. The predicted molar refractivity (Wildman–Crippen MR) is 130 cm³/mol. The van der Waals surface area contributed by atoms with Gasteiger partial charge in [0.15, 0.2) is 18.1 Å². The fraction of sp³-hybridized carbons (Fsp3) is 0.292. The topological polar surface area (TPSA) is 115 Å². The molecule has 0 unspecified atom stereocenters. The number of benzene rings is 2. The van der Waals surface area contributed by atoms with Crippen molar-refractivity contribution in [3.8, 4) is 11.5 Å². The lowest BCUT2D eigenvalue weighted by Crippen LogP contribution is -2.51. The smallest absolute Gasteiger partial charge is 0.319 e. The van der Waals surface area contributed by atoms with Crippen LogP contribution >= 0.6 is 15.9 Å². The van der Waals surface area contributed by atoms with Gasteiger partial charge in [-0.15, -0.1) is 0 Å². The van der Waals surface area contributed by atoms with Crippen LogP contribution in [-0.2, 0) is 14.3 Å². The summed E-state index contributed by atoms with van der Waals surface area (Å²) >= 11 is 3.46. The van der Waals surface area contributed by atoms with Crippen molar-refractivity contribution >= 4 is 39.5 Å². The minimum atomic E-state index is -0.851. The number of ether oxygens (including phenoxy) is 3. The number of methoxy groups -OCH3 is 1. The van der Waals surface area contributed by atoms with Gasteiger partial charge in [0.2, 0.25) is 0 Å². The molecule has 3 rings (SSSR count). The van der Waals surface area contributed by atoms with Crippen LogP contribution in [-0.4, -0.2) is 38.2 Å². The van der Waals surface area contributed by atoms with Gasteiger partial charge in [-0.05, 0) is 59.6 Å². The Bertz CT molecular complexity index is 1100. The molecule has 3 N–H and O–H groups in total. The van der Waals surface area contributed by atoms with Crippen molar-refractivity contribution in [1.82, 2.24) is 10.6 Å². The average Bonchev–Trinajstić information content (AvgIpc) is 2.79. The summed E-state index contributed by atoms with van der Waals surface area (Å²) < 4.78 is 16.9. The molecule has 0 radical (unpaired) electrons. The van der Waals surface area contributed by atoms with Crippen LogP contribution in [0.25, 0.3) is 0 Å². The van der Waals surface area contributed by atoms with Gasteiger partial charge in [-0.2, -0.15) is 0 Å². The van der Waals surface area contributed by atoms with Gasteiger partial charge < -0.3 is 30.2 Å². The average molecular weight is 532 g/mol. The highest BCUT2D eigenvalue weighted by Crippen LogP contribution is 2.41. The molecule has 1 saturated heterocycles. The maximum absolute atomic E-state index is 12.4. The molecule has 1 aliphatic rings. The molecule has 3 amide bonds. The molecule has 1 aliphatic heterocycles. The lowest BCUT2D eigenvalue weighted by atomic mass is 9.89. The number of hydrogen-bond donors (Lipinski definition) is 3. The molecule has 0 spiro atoms. The van der Waals surface area contributed by atoms with Crippen LogP contribution in [0.15, 0.2) is 53.1 Å². The van der Waals surface area contributed by atoms with E-state index in [-0.39, 0.29) is 18.2 Å². The number of amides is 3. The Morgan fingerprint density at radius 3 is 2.53 bits per heavy atom. The van der Waals surface area contributed by atoms with Crippen LogP contribution in [0.5, 0.6) is 11.5 Å². The molecule has 2 atom stereocenters. The number of carbonyl (C=O) groups is 3. The third-order valence-corrected chi connectivity index (χ3v) is 5.69. The Morgan fingerprint density at radius 2 is 1.88 bits per heavy atom. The van der Waals surface area contributed by atoms with Crippen LogP contribution in [0, 0.1) is 12.8 Å². The standard InChI is InChI=1S/C24H26BrN3O6/c1-5-33-18-11-15(21-20(23(30)32-4)14(3)26-24(31)28-21)10-17(25)22(18)34-12-19(29)27-16-8-6-13(2)7-9-16/h6-11,20-21H,3,5,12H2,1-2,4H3,(H,27,29)(H2,26,28,31)/t20-,21+/m0/s1. The Morgan fingerprint density at radius 1 is 1.18 bits per heavy atom. The van der Waals surface area contributed by atoms with E-state index in [2.05, 4.69) is 38.5 Å². The summed E-state index contributed by atoms with van der Waals surface area (Å²) in [6.45, 7) is 7.63. The van der Waals surface area contributed by atoms with Gasteiger partial charge >= 0.3 is 12.0 Å². The fourth-order valence-corrected chi connectivity index (χ4v) is 4.08. The normalized spacial score (nSPS) is 17.3. The molecule has 1 heterocycles. The van der Waals surface area contributed by atoms with E-state index in [1.807, 2.05) is 31.2 Å². The van der Waals surface area contributed by atoms with Gasteiger partial charge in [0, 0.05) is 11.4 Å². The highest BCUT2D eigenvalue weighted by Gasteiger charge is 2.39. The van der Waals surface area contributed by atoms with Crippen LogP contribution in [0.3, 0.4) is 0 Å².